The van der Waals surface area contributed by atoms with Crippen LogP contribution in [0.3, 0.4) is 0 Å². The van der Waals surface area contributed by atoms with Gasteiger partial charge in [0.25, 0.3) is 5.91 Å². The molecule has 1 fully saturated rings. The standard InChI is InChI=1S/C23H31ClN4O/c1-5-6-13-27(4)23-25-15-19(24)21(26-23)22(29)28-14-8-7-12-20(28)18-11-9-10-16(2)17(18)3/h9-11,15,20H,5-8,12-14H2,1-4H3. The molecule has 1 aliphatic rings. The van der Waals surface area contributed by atoms with Crippen LogP contribution < -0.4 is 4.90 Å². The molecule has 0 N–H and O–H groups in total. The number of carbonyl (C=O) groups excluding carboxylic acids is 1. The predicted molar refractivity (Wildman–Crippen MR) is 119 cm³/mol. The molecule has 1 aromatic carbocycles. The number of halogens is 1. The summed E-state index contributed by atoms with van der Waals surface area (Å²) in [5.74, 6) is 0.444. The second-order valence-corrected chi connectivity index (χ2v) is 8.35. The van der Waals surface area contributed by atoms with Crippen molar-refractivity contribution >= 4 is 23.5 Å². The van der Waals surface area contributed by atoms with Crippen LogP contribution in [0.1, 0.15) is 72.2 Å². The van der Waals surface area contributed by atoms with E-state index >= 15 is 0 Å². The van der Waals surface area contributed by atoms with Gasteiger partial charge in [-0.3, -0.25) is 4.79 Å². The van der Waals surface area contributed by atoms with E-state index in [0.717, 1.165) is 45.2 Å². The number of carbonyl (C=O) groups is 1. The van der Waals surface area contributed by atoms with Crippen molar-refractivity contribution in [2.45, 2.75) is 58.9 Å². The van der Waals surface area contributed by atoms with E-state index in [1.807, 2.05) is 16.8 Å². The van der Waals surface area contributed by atoms with E-state index in [1.54, 1.807) is 6.20 Å². The van der Waals surface area contributed by atoms with Gasteiger partial charge in [0.1, 0.15) is 0 Å². The Morgan fingerprint density at radius 3 is 2.86 bits per heavy atom. The Kier molecular flexibility index (Phi) is 7.12. The number of likely N-dealkylation sites (tertiary alicyclic amines) is 1. The molecule has 156 valence electrons. The lowest BCUT2D eigenvalue weighted by molar-refractivity contribution is 0.0604. The maximum Gasteiger partial charge on any atom is 0.274 e. The molecule has 1 aromatic heterocycles. The first kappa shape index (κ1) is 21.6. The molecular weight excluding hydrogens is 384 g/mol. The van der Waals surface area contributed by atoms with Crippen molar-refractivity contribution in [2.24, 2.45) is 0 Å². The van der Waals surface area contributed by atoms with E-state index in [9.17, 15) is 4.79 Å². The number of piperidine rings is 1. The maximum absolute atomic E-state index is 13.5. The van der Waals surface area contributed by atoms with Crippen LogP contribution in [0.25, 0.3) is 0 Å². The fourth-order valence-electron chi connectivity index (χ4n) is 3.96. The molecule has 29 heavy (non-hydrogen) atoms. The molecule has 1 atom stereocenters. The topological polar surface area (TPSA) is 49.3 Å². The molecule has 0 radical (unpaired) electrons. The average Bonchev–Trinajstić information content (AvgIpc) is 2.74. The van der Waals surface area contributed by atoms with Crippen LogP contribution in [0.4, 0.5) is 5.95 Å². The largest absolute Gasteiger partial charge is 0.344 e. The van der Waals surface area contributed by atoms with Gasteiger partial charge in [-0.25, -0.2) is 9.97 Å². The predicted octanol–water partition coefficient (Wildman–Crippen LogP) is 5.35. The minimum Gasteiger partial charge on any atom is -0.344 e. The molecule has 1 unspecified atom stereocenters. The molecule has 1 amide bonds. The van der Waals surface area contributed by atoms with Crippen LogP contribution in [-0.4, -0.2) is 40.9 Å². The van der Waals surface area contributed by atoms with Crippen LogP contribution in [0, 0.1) is 13.8 Å². The van der Waals surface area contributed by atoms with Crippen molar-refractivity contribution in [1.29, 1.82) is 0 Å². The smallest absolute Gasteiger partial charge is 0.274 e. The summed E-state index contributed by atoms with van der Waals surface area (Å²) in [6, 6.07) is 6.40. The molecule has 5 nitrogen and oxygen atoms in total. The van der Waals surface area contributed by atoms with Gasteiger partial charge in [-0.15, -0.1) is 0 Å². The molecule has 0 spiro atoms. The van der Waals surface area contributed by atoms with Crippen molar-refractivity contribution in [1.82, 2.24) is 14.9 Å². The molecule has 2 aromatic rings. The Morgan fingerprint density at radius 2 is 2.10 bits per heavy atom. The third kappa shape index (κ3) is 4.72. The van der Waals surface area contributed by atoms with Crippen molar-refractivity contribution in [3.05, 3.63) is 51.8 Å². The first-order valence-corrected chi connectivity index (χ1v) is 10.9. The third-order valence-electron chi connectivity index (χ3n) is 5.89. The number of hydrogen-bond donors (Lipinski definition) is 0. The van der Waals surface area contributed by atoms with Crippen LogP contribution in [0.2, 0.25) is 5.02 Å². The molecule has 3 rings (SSSR count). The van der Waals surface area contributed by atoms with Crippen molar-refractivity contribution in [3.8, 4) is 0 Å². The molecule has 0 aliphatic carbocycles. The van der Waals surface area contributed by atoms with E-state index < -0.39 is 0 Å². The zero-order chi connectivity index (χ0) is 21.0. The molecular formula is C23H31ClN4O. The Balaban J connectivity index is 1.92. The van der Waals surface area contributed by atoms with Gasteiger partial charge in [0.15, 0.2) is 5.69 Å². The van der Waals surface area contributed by atoms with E-state index in [1.165, 1.54) is 16.7 Å². The maximum atomic E-state index is 13.5. The fourth-order valence-corrected chi connectivity index (χ4v) is 4.13. The number of nitrogens with zero attached hydrogens (tertiary/aromatic N) is 4. The highest BCUT2D eigenvalue weighted by molar-refractivity contribution is 6.33. The lowest BCUT2D eigenvalue weighted by atomic mass is 9.90. The first-order valence-electron chi connectivity index (χ1n) is 10.5. The summed E-state index contributed by atoms with van der Waals surface area (Å²) in [5.41, 5.74) is 4.03. The highest BCUT2D eigenvalue weighted by atomic mass is 35.5. The molecule has 0 saturated carbocycles. The molecule has 1 saturated heterocycles. The van der Waals surface area contributed by atoms with Crippen molar-refractivity contribution in [2.75, 3.05) is 25.0 Å². The third-order valence-corrected chi connectivity index (χ3v) is 6.17. The highest BCUT2D eigenvalue weighted by Crippen LogP contribution is 2.35. The van der Waals surface area contributed by atoms with Crippen LogP contribution >= 0.6 is 11.6 Å². The second kappa shape index (κ2) is 9.57. The summed E-state index contributed by atoms with van der Waals surface area (Å²) in [4.78, 5) is 26.4. The summed E-state index contributed by atoms with van der Waals surface area (Å²) < 4.78 is 0. The number of hydrogen-bond acceptors (Lipinski definition) is 4. The SMILES string of the molecule is CCCCN(C)c1ncc(Cl)c(C(=O)N2CCCCC2c2cccc(C)c2C)n1. The minimum absolute atomic E-state index is 0.0588. The number of amides is 1. The van der Waals surface area contributed by atoms with Gasteiger partial charge >= 0.3 is 0 Å². The monoisotopic (exact) mass is 414 g/mol. The van der Waals surface area contributed by atoms with Crippen LogP contribution in [0.5, 0.6) is 0 Å². The fraction of sp³-hybridized carbons (Fsp3) is 0.522. The quantitative estimate of drug-likeness (QED) is 0.639. The molecule has 6 heteroatoms. The zero-order valence-corrected chi connectivity index (χ0v) is 18.7. The first-order chi connectivity index (χ1) is 13.9. The summed E-state index contributed by atoms with van der Waals surface area (Å²) in [6.07, 6.45) is 6.77. The Hall–Kier alpha value is -2.14. The van der Waals surface area contributed by atoms with E-state index in [4.69, 9.17) is 11.6 Å². The summed E-state index contributed by atoms with van der Waals surface area (Å²) in [6.45, 7) is 7.97. The van der Waals surface area contributed by atoms with Crippen molar-refractivity contribution < 1.29 is 4.79 Å². The highest BCUT2D eigenvalue weighted by Gasteiger charge is 2.32. The van der Waals surface area contributed by atoms with Gasteiger partial charge in [-0.05, 0) is 56.2 Å². The average molecular weight is 415 g/mol. The second-order valence-electron chi connectivity index (χ2n) is 7.94. The van der Waals surface area contributed by atoms with E-state index in [-0.39, 0.29) is 11.9 Å². The van der Waals surface area contributed by atoms with Crippen LogP contribution in [0.15, 0.2) is 24.4 Å². The lowest BCUT2D eigenvalue weighted by Crippen LogP contribution is -2.39. The van der Waals surface area contributed by atoms with E-state index in [0.29, 0.717) is 16.7 Å². The Bertz CT molecular complexity index is 870. The van der Waals surface area contributed by atoms with Gasteiger partial charge in [-0.2, -0.15) is 0 Å². The number of aryl methyl sites for hydroxylation is 1. The Labute approximate surface area is 179 Å². The Morgan fingerprint density at radius 1 is 1.31 bits per heavy atom. The summed E-state index contributed by atoms with van der Waals surface area (Å²) >= 11 is 6.38. The number of anilines is 1. The summed E-state index contributed by atoms with van der Waals surface area (Å²) in [7, 11) is 1.95. The van der Waals surface area contributed by atoms with Crippen molar-refractivity contribution in [3.63, 3.8) is 0 Å². The number of unbranched alkanes of at least 4 members (excludes halogenated alkanes) is 1. The van der Waals surface area contributed by atoms with Crippen LogP contribution in [-0.2, 0) is 0 Å². The van der Waals surface area contributed by atoms with Gasteiger partial charge in [0, 0.05) is 20.1 Å². The summed E-state index contributed by atoms with van der Waals surface area (Å²) in [5, 5.41) is 0.313. The van der Waals surface area contributed by atoms with Gasteiger partial charge in [0.05, 0.1) is 17.3 Å². The van der Waals surface area contributed by atoms with E-state index in [2.05, 4.69) is 48.9 Å². The number of aromatic nitrogens is 2. The molecule has 0 bridgehead atoms. The van der Waals surface area contributed by atoms with Gasteiger partial charge in [0.2, 0.25) is 5.95 Å². The minimum atomic E-state index is -0.104. The van der Waals surface area contributed by atoms with Gasteiger partial charge in [-0.1, -0.05) is 43.1 Å². The molecule has 2 heterocycles. The number of benzene rings is 1. The molecule has 1 aliphatic heterocycles. The lowest BCUT2D eigenvalue weighted by Gasteiger charge is -2.37. The van der Waals surface area contributed by atoms with Gasteiger partial charge < -0.3 is 9.80 Å². The zero-order valence-electron chi connectivity index (χ0n) is 17.9. The normalized spacial score (nSPS) is 16.7. The number of rotatable bonds is 6.